The van der Waals surface area contributed by atoms with E-state index in [0.717, 1.165) is 33.6 Å². The summed E-state index contributed by atoms with van der Waals surface area (Å²) in [6.45, 7) is 0. The molecular weight excluding hydrogens is 597 g/mol. The smallest absolute Gasteiger partial charge is 0.138 e. The summed E-state index contributed by atoms with van der Waals surface area (Å²) in [6, 6.07) is 60.9. The fourth-order valence-electron chi connectivity index (χ4n) is 8.26. The fraction of sp³-hybridized carbons (Fsp3) is 0. The van der Waals surface area contributed by atoms with Gasteiger partial charge in [-0.25, -0.2) is 4.98 Å². The number of benzene rings is 7. The molecule has 0 bridgehead atoms. The molecule has 0 atom stereocenters. The van der Waals surface area contributed by atoms with E-state index in [2.05, 4.69) is 184 Å². The van der Waals surface area contributed by atoms with Gasteiger partial charge in [-0.1, -0.05) is 109 Å². The highest BCUT2D eigenvalue weighted by Gasteiger charge is 2.28. The van der Waals surface area contributed by atoms with Crippen LogP contribution in [-0.4, -0.2) is 18.7 Å². The Morgan fingerprint density at radius 2 is 0.776 bits per heavy atom. The first-order chi connectivity index (χ1) is 24.4. The topological polar surface area (TPSA) is 27.7 Å². The van der Waals surface area contributed by atoms with Crippen LogP contribution in [0.3, 0.4) is 0 Å². The molecule has 11 aromatic rings. The zero-order valence-corrected chi connectivity index (χ0v) is 26.5. The molecule has 11 rings (SSSR count). The molecule has 0 radical (unpaired) electrons. The lowest BCUT2D eigenvalue weighted by atomic mass is 10.0. The second-order valence-corrected chi connectivity index (χ2v) is 12.8. The van der Waals surface area contributed by atoms with E-state index in [9.17, 15) is 0 Å². The van der Waals surface area contributed by atoms with Crippen molar-refractivity contribution in [2.24, 2.45) is 0 Å². The summed E-state index contributed by atoms with van der Waals surface area (Å²) in [5.74, 6) is 0.911. The highest BCUT2D eigenvalue weighted by molar-refractivity contribution is 6.40. The van der Waals surface area contributed by atoms with E-state index in [0.29, 0.717) is 0 Å². The van der Waals surface area contributed by atoms with Crippen molar-refractivity contribution in [3.05, 3.63) is 170 Å². The normalized spacial score (nSPS) is 12.1. The first-order valence-corrected chi connectivity index (χ1v) is 16.8. The average molecular weight is 625 g/mol. The van der Waals surface area contributed by atoms with E-state index in [1.165, 1.54) is 59.9 Å². The van der Waals surface area contributed by atoms with E-state index < -0.39 is 0 Å². The number of aromatic nitrogens is 4. The molecule has 0 aliphatic rings. The van der Waals surface area contributed by atoms with Crippen molar-refractivity contribution in [3.8, 4) is 17.2 Å². The van der Waals surface area contributed by atoms with Gasteiger partial charge in [0.15, 0.2) is 0 Å². The summed E-state index contributed by atoms with van der Waals surface area (Å²) in [5.41, 5.74) is 10.3. The van der Waals surface area contributed by atoms with Crippen molar-refractivity contribution >= 4 is 76.3 Å². The highest BCUT2D eigenvalue weighted by atomic mass is 15.1. The van der Waals surface area contributed by atoms with Crippen molar-refractivity contribution in [3.63, 3.8) is 0 Å². The molecule has 4 nitrogen and oxygen atoms in total. The maximum Gasteiger partial charge on any atom is 0.138 e. The van der Waals surface area contributed by atoms with Gasteiger partial charge in [0.2, 0.25) is 0 Å². The van der Waals surface area contributed by atoms with Gasteiger partial charge in [-0.2, -0.15) is 0 Å². The molecule has 0 N–H and O–H groups in total. The minimum atomic E-state index is 0.911. The Labute approximate surface area is 281 Å². The first-order valence-electron chi connectivity index (χ1n) is 16.8. The molecule has 7 aromatic carbocycles. The molecule has 0 aliphatic heterocycles. The molecular formula is C45H28N4. The van der Waals surface area contributed by atoms with Crippen LogP contribution >= 0.6 is 0 Å². The Kier molecular flexibility index (Phi) is 5.35. The van der Waals surface area contributed by atoms with Gasteiger partial charge >= 0.3 is 0 Å². The Morgan fingerprint density at radius 1 is 0.327 bits per heavy atom. The number of para-hydroxylation sites is 6. The number of hydrogen-bond donors (Lipinski definition) is 0. The SMILES string of the molecule is c1ccc(-n2c3ccccc3c3c4c5ccccc5n(-c5ccc6ccccc6n5)c4c4c5ccccc5n(-c5ccccc5)c4c32)cc1. The third-order valence-electron chi connectivity index (χ3n) is 10.2. The van der Waals surface area contributed by atoms with Gasteiger partial charge in [-0.05, 0) is 60.7 Å². The van der Waals surface area contributed by atoms with Crippen LogP contribution in [0.15, 0.2) is 170 Å². The van der Waals surface area contributed by atoms with Crippen LogP contribution < -0.4 is 0 Å². The number of nitrogens with zero attached hydrogens (tertiary/aromatic N) is 4. The summed E-state index contributed by atoms with van der Waals surface area (Å²) in [4.78, 5) is 5.32. The monoisotopic (exact) mass is 624 g/mol. The van der Waals surface area contributed by atoms with Crippen LogP contribution in [0.1, 0.15) is 0 Å². The fourth-order valence-corrected chi connectivity index (χ4v) is 8.26. The van der Waals surface area contributed by atoms with E-state index in [-0.39, 0.29) is 0 Å². The Bertz CT molecular complexity index is 3090. The van der Waals surface area contributed by atoms with Gasteiger partial charge in [0.25, 0.3) is 0 Å². The molecule has 4 heteroatoms. The predicted octanol–water partition coefficient (Wildman–Crippen LogP) is 11.5. The lowest BCUT2D eigenvalue weighted by Crippen LogP contribution is -2.00. The Morgan fingerprint density at radius 3 is 1.39 bits per heavy atom. The number of rotatable bonds is 3. The summed E-state index contributed by atoms with van der Waals surface area (Å²) in [7, 11) is 0. The molecule has 0 saturated carbocycles. The minimum Gasteiger partial charge on any atom is -0.307 e. The quantitative estimate of drug-likeness (QED) is 0.192. The second kappa shape index (κ2) is 9.93. The molecule has 0 saturated heterocycles. The van der Waals surface area contributed by atoms with E-state index in [1.807, 2.05) is 0 Å². The maximum atomic E-state index is 5.32. The molecule has 4 heterocycles. The van der Waals surface area contributed by atoms with Crippen LogP contribution in [-0.2, 0) is 0 Å². The van der Waals surface area contributed by atoms with Gasteiger partial charge in [0.1, 0.15) is 5.82 Å². The van der Waals surface area contributed by atoms with Crippen molar-refractivity contribution in [2.75, 3.05) is 0 Å². The predicted molar refractivity (Wildman–Crippen MR) is 205 cm³/mol. The van der Waals surface area contributed by atoms with Crippen LogP contribution in [0.5, 0.6) is 0 Å². The van der Waals surface area contributed by atoms with Crippen LogP contribution in [0.25, 0.3) is 93.5 Å². The first kappa shape index (κ1) is 26.4. The summed E-state index contributed by atoms with van der Waals surface area (Å²) in [6.07, 6.45) is 0. The third-order valence-corrected chi connectivity index (χ3v) is 10.2. The Balaban J connectivity index is 1.51. The lowest BCUT2D eigenvalue weighted by molar-refractivity contribution is 1.11. The van der Waals surface area contributed by atoms with Gasteiger partial charge in [0.05, 0.1) is 38.6 Å². The average Bonchev–Trinajstić information content (AvgIpc) is 3.81. The standard InChI is InChI=1S/C45H28N4/c1-3-16-30(17-4-1)47-36-24-12-8-20-32(36)41-40-33-21-9-14-26-38(33)49(39-28-27-29-15-7-11-23-35(29)46-39)43(40)42-34-22-10-13-25-37(34)48(45(42)44(41)47)31-18-5-2-6-19-31/h1-28H. The molecule has 228 valence electrons. The molecule has 0 amide bonds. The third kappa shape index (κ3) is 3.55. The van der Waals surface area contributed by atoms with Crippen LogP contribution in [0, 0.1) is 0 Å². The highest BCUT2D eigenvalue weighted by Crippen LogP contribution is 2.50. The summed E-state index contributed by atoms with van der Waals surface area (Å²) in [5, 5.41) is 8.49. The zero-order chi connectivity index (χ0) is 32.1. The second-order valence-electron chi connectivity index (χ2n) is 12.8. The van der Waals surface area contributed by atoms with Gasteiger partial charge in [-0.15, -0.1) is 0 Å². The van der Waals surface area contributed by atoms with Crippen molar-refractivity contribution in [2.45, 2.75) is 0 Å². The number of pyridine rings is 1. The van der Waals surface area contributed by atoms with E-state index in [1.54, 1.807) is 0 Å². The van der Waals surface area contributed by atoms with Crippen molar-refractivity contribution in [1.29, 1.82) is 0 Å². The van der Waals surface area contributed by atoms with Gasteiger partial charge in [0, 0.05) is 49.1 Å². The van der Waals surface area contributed by atoms with Gasteiger partial charge < -0.3 is 9.13 Å². The van der Waals surface area contributed by atoms with E-state index >= 15 is 0 Å². The zero-order valence-electron chi connectivity index (χ0n) is 26.5. The molecule has 0 fully saturated rings. The maximum absolute atomic E-state index is 5.32. The van der Waals surface area contributed by atoms with E-state index in [4.69, 9.17) is 4.98 Å². The molecule has 49 heavy (non-hydrogen) atoms. The molecule has 0 unspecified atom stereocenters. The van der Waals surface area contributed by atoms with Crippen LogP contribution in [0.2, 0.25) is 0 Å². The largest absolute Gasteiger partial charge is 0.307 e. The van der Waals surface area contributed by atoms with Crippen molar-refractivity contribution < 1.29 is 0 Å². The number of fused-ring (bicyclic) bond motifs is 13. The summed E-state index contributed by atoms with van der Waals surface area (Å²) >= 11 is 0. The summed E-state index contributed by atoms with van der Waals surface area (Å²) < 4.78 is 7.36. The van der Waals surface area contributed by atoms with Gasteiger partial charge in [-0.3, -0.25) is 4.57 Å². The molecule has 0 aliphatic carbocycles. The molecule has 0 spiro atoms. The van der Waals surface area contributed by atoms with Crippen molar-refractivity contribution in [1.82, 2.24) is 18.7 Å². The minimum absolute atomic E-state index is 0.911. The lowest BCUT2D eigenvalue weighted by Gasteiger charge is -2.14. The Hall–Kier alpha value is -6.65. The molecule has 4 aromatic heterocycles. The van der Waals surface area contributed by atoms with Crippen LogP contribution in [0.4, 0.5) is 0 Å². The number of hydrogen-bond acceptors (Lipinski definition) is 1.